The summed E-state index contributed by atoms with van der Waals surface area (Å²) in [5.41, 5.74) is -1.57. The van der Waals surface area contributed by atoms with Crippen LogP contribution in [0.1, 0.15) is 26.3 Å². The standard InChI is InChI=1S/C24H18F3NO4/c25-24(26,27)20-13-18(31-14-19-15-32-19)11-12-21(20)28(22(29)16-7-3-1-4-8-16)23(30)17-9-5-2-6-10-17/h1-13,19H,14-15H2. The lowest BCUT2D eigenvalue weighted by Gasteiger charge is -2.25. The number of amides is 2. The Morgan fingerprint density at radius 2 is 1.44 bits per heavy atom. The van der Waals surface area contributed by atoms with E-state index in [9.17, 15) is 22.8 Å². The first-order valence-corrected chi connectivity index (χ1v) is 9.79. The normalized spacial score (nSPS) is 15.2. The Morgan fingerprint density at radius 1 is 0.906 bits per heavy atom. The van der Waals surface area contributed by atoms with Crippen LogP contribution in [0.3, 0.4) is 0 Å². The van der Waals surface area contributed by atoms with Crippen molar-refractivity contribution in [3.8, 4) is 5.75 Å². The first kappa shape index (κ1) is 21.6. The van der Waals surface area contributed by atoms with Crippen LogP contribution in [0.4, 0.5) is 18.9 Å². The Labute approximate surface area is 182 Å². The molecule has 0 saturated carbocycles. The zero-order valence-corrected chi connectivity index (χ0v) is 16.7. The molecule has 1 unspecified atom stereocenters. The van der Waals surface area contributed by atoms with Crippen LogP contribution in [0.25, 0.3) is 0 Å². The third kappa shape index (κ3) is 4.81. The quantitative estimate of drug-likeness (QED) is 0.400. The second kappa shape index (κ2) is 8.84. The third-order valence-electron chi connectivity index (χ3n) is 4.80. The molecule has 1 aliphatic rings. The molecule has 164 valence electrons. The molecule has 0 bridgehead atoms. The third-order valence-corrected chi connectivity index (χ3v) is 4.80. The number of rotatable bonds is 6. The van der Waals surface area contributed by atoms with Gasteiger partial charge in [-0.25, -0.2) is 4.90 Å². The van der Waals surface area contributed by atoms with Crippen molar-refractivity contribution < 1.29 is 32.2 Å². The Balaban J connectivity index is 1.80. The predicted molar refractivity (Wildman–Crippen MR) is 111 cm³/mol. The Morgan fingerprint density at radius 3 is 1.91 bits per heavy atom. The minimum Gasteiger partial charge on any atom is -0.491 e. The van der Waals surface area contributed by atoms with Gasteiger partial charge in [-0.05, 0) is 42.5 Å². The van der Waals surface area contributed by atoms with Crippen LogP contribution in [-0.2, 0) is 10.9 Å². The van der Waals surface area contributed by atoms with E-state index in [2.05, 4.69) is 0 Å². The number of benzene rings is 3. The highest BCUT2D eigenvalue weighted by Gasteiger charge is 2.39. The lowest BCUT2D eigenvalue weighted by atomic mass is 10.1. The molecule has 2 amide bonds. The highest BCUT2D eigenvalue weighted by molar-refractivity contribution is 6.26. The van der Waals surface area contributed by atoms with Crippen LogP contribution in [-0.4, -0.2) is 31.1 Å². The zero-order valence-electron chi connectivity index (χ0n) is 16.7. The number of alkyl halides is 3. The maximum Gasteiger partial charge on any atom is 0.418 e. The predicted octanol–water partition coefficient (Wildman–Crippen LogP) is 4.97. The van der Waals surface area contributed by atoms with E-state index in [4.69, 9.17) is 9.47 Å². The van der Waals surface area contributed by atoms with Crippen molar-refractivity contribution in [1.29, 1.82) is 0 Å². The number of anilines is 1. The van der Waals surface area contributed by atoms with E-state index in [1.54, 1.807) is 36.4 Å². The number of nitrogens with zero attached hydrogens (tertiary/aromatic N) is 1. The van der Waals surface area contributed by atoms with Gasteiger partial charge in [0.05, 0.1) is 17.9 Å². The first-order valence-electron chi connectivity index (χ1n) is 9.79. The van der Waals surface area contributed by atoms with Crippen molar-refractivity contribution >= 4 is 17.5 Å². The van der Waals surface area contributed by atoms with Gasteiger partial charge >= 0.3 is 6.18 Å². The van der Waals surface area contributed by atoms with E-state index >= 15 is 0 Å². The van der Waals surface area contributed by atoms with Gasteiger partial charge in [-0.1, -0.05) is 36.4 Å². The molecule has 1 heterocycles. The van der Waals surface area contributed by atoms with E-state index in [-0.39, 0.29) is 29.6 Å². The van der Waals surface area contributed by atoms with Crippen molar-refractivity contribution in [3.05, 3.63) is 95.6 Å². The summed E-state index contributed by atoms with van der Waals surface area (Å²) < 4.78 is 52.4. The molecule has 1 aliphatic heterocycles. The van der Waals surface area contributed by atoms with E-state index in [0.717, 1.165) is 12.1 Å². The van der Waals surface area contributed by atoms with Gasteiger partial charge in [-0.2, -0.15) is 13.2 Å². The second-order valence-electron chi connectivity index (χ2n) is 7.12. The highest BCUT2D eigenvalue weighted by atomic mass is 19.4. The van der Waals surface area contributed by atoms with Gasteiger partial charge in [0.15, 0.2) is 0 Å². The summed E-state index contributed by atoms with van der Waals surface area (Å²) in [6, 6.07) is 18.5. The summed E-state index contributed by atoms with van der Waals surface area (Å²) in [5, 5.41) is 0. The van der Waals surface area contributed by atoms with Crippen molar-refractivity contribution in [3.63, 3.8) is 0 Å². The fourth-order valence-electron chi connectivity index (χ4n) is 3.11. The van der Waals surface area contributed by atoms with Gasteiger partial charge in [-0.3, -0.25) is 9.59 Å². The summed E-state index contributed by atoms with van der Waals surface area (Å²) in [5.74, 6) is -1.77. The van der Waals surface area contributed by atoms with Gasteiger partial charge in [0.2, 0.25) is 0 Å². The van der Waals surface area contributed by atoms with Gasteiger partial charge in [0, 0.05) is 11.1 Å². The minimum absolute atomic E-state index is 0.0316. The van der Waals surface area contributed by atoms with Gasteiger partial charge in [0.1, 0.15) is 18.5 Å². The van der Waals surface area contributed by atoms with Crippen LogP contribution in [0.5, 0.6) is 5.75 Å². The van der Waals surface area contributed by atoms with Crippen LogP contribution < -0.4 is 9.64 Å². The molecule has 1 fully saturated rings. The molecule has 1 atom stereocenters. The summed E-state index contributed by atoms with van der Waals surface area (Å²) in [7, 11) is 0. The maximum atomic E-state index is 14.0. The Kier molecular flexibility index (Phi) is 5.96. The first-order chi connectivity index (χ1) is 15.3. The molecule has 0 radical (unpaired) electrons. The van der Waals surface area contributed by atoms with Crippen molar-refractivity contribution in [2.24, 2.45) is 0 Å². The molecule has 1 saturated heterocycles. The van der Waals surface area contributed by atoms with Crippen LogP contribution >= 0.6 is 0 Å². The van der Waals surface area contributed by atoms with Crippen LogP contribution in [0.2, 0.25) is 0 Å². The molecule has 32 heavy (non-hydrogen) atoms. The van der Waals surface area contributed by atoms with Crippen molar-refractivity contribution in [2.75, 3.05) is 18.1 Å². The number of carbonyl (C=O) groups excluding carboxylic acids is 2. The molecule has 0 aromatic heterocycles. The molecule has 8 heteroatoms. The number of hydrogen-bond acceptors (Lipinski definition) is 4. The number of ether oxygens (including phenoxy) is 2. The van der Waals surface area contributed by atoms with E-state index in [1.807, 2.05) is 0 Å². The topological polar surface area (TPSA) is 59.1 Å². The van der Waals surface area contributed by atoms with E-state index in [1.165, 1.54) is 30.3 Å². The molecular formula is C24H18F3NO4. The van der Waals surface area contributed by atoms with Crippen molar-refractivity contribution in [1.82, 2.24) is 0 Å². The van der Waals surface area contributed by atoms with Gasteiger partial charge in [0.25, 0.3) is 11.8 Å². The molecule has 4 rings (SSSR count). The largest absolute Gasteiger partial charge is 0.491 e. The maximum absolute atomic E-state index is 14.0. The average molecular weight is 441 g/mol. The number of halogens is 3. The SMILES string of the molecule is O=C(c1ccccc1)N(C(=O)c1ccccc1)c1ccc(OCC2CO2)cc1C(F)(F)F. The Bertz CT molecular complexity index is 1060. The molecule has 3 aromatic rings. The van der Waals surface area contributed by atoms with Gasteiger partial charge < -0.3 is 9.47 Å². The number of epoxide rings is 1. The highest BCUT2D eigenvalue weighted by Crippen LogP contribution is 2.40. The second-order valence-corrected chi connectivity index (χ2v) is 7.12. The van der Waals surface area contributed by atoms with Crippen molar-refractivity contribution in [2.45, 2.75) is 12.3 Å². The molecule has 3 aromatic carbocycles. The number of carbonyl (C=O) groups is 2. The lowest BCUT2D eigenvalue weighted by molar-refractivity contribution is -0.137. The minimum atomic E-state index is -4.84. The molecule has 0 aliphatic carbocycles. The molecule has 0 spiro atoms. The molecule has 0 N–H and O–H groups in total. The summed E-state index contributed by atoms with van der Waals surface area (Å²) in [4.78, 5) is 27.0. The zero-order chi connectivity index (χ0) is 22.7. The van der Waals surface area contributed by atoms with Crippen LogP contribution in [0, 0.1) is 0 Å². The summed E-state index contributed by atoms with van der Waals surface area (Å²) in [6.45, 7) is 0.612. The van der Waals surface area contributed by atoms with Gasteiger partial charge in [-0.15, -0.1) is 0 Å². The molecule has 5 nitrogen and oxygen atoms in total. The van der Waals surface area contributed by atoms with E-state index in [0.29, 0.717) is 11.5 Å². The summed E-state index contributed by atoms with van der Waals surface area (Å²) in [6.07, 6.45) is -4.98. The number of imide groups is 1. The Hall–Kier alpha value is -3.65. The fraction of sp³-hybridized carbons (Fsp3) is 0.167. The summed E-state index contributed by atoms with van der Waals surface area (Å²) >= 11 is 0. The fourth-order valence-corrected chi connectivity index (χ4v) is 3.11. The number of hydrogen-bond donors (Lipinski definition) is 0. The van der Waals surface area contributed by atoms with Crippen LogP contribution in [0.15, 0.2) is 78.9 Å². The lowest BCUT2D eigenvalue weighted by Crippen LogP contribution is -2.38. The smallest absolute Gasteiger partial charge is 0.418 e. The average Bonchev–Trinajstić information content (AvgIpc) is 3.63. The van der Waals surface area contributed by atoms with E-state index < -0.39 is 29.2 Å². The monoisotopic (exact) mass is 441 g/mol. The molecular weight excluding hydrogens is 423 g/mol.